The average Bonchev–Trinajstić information content (AvgIpc) is 2.56. The zero-order chi connectivity index (χ0) is 14.2. The van der Waals surface area contributed by atoms with Crippen molar-refractivity contribution < 1.29 is 12.8 Å². The minimum absolute atomic E-state index is 0.0865. The van der Waals surface area contributed by atoms with E-state index in [2.05, 4.69) is 4.98 Å². The molecule has 0 unspecified atom stereocenters. The number of primary sulfonamides is 1. The van der Waals surface area contributed by atoms with Crippen LogP contribution in [0.5, 0.6) is 0 Å². The van der Waals surface area contributed by atoms with E-state index in [0.29, 0.717) is 5.22 Å². The lowest BCUT2D eigenvalue weighted by Gasteiger charge is -2.04. The van der Waals surface area contributed by atoms with Crippen molar-refractivity contribution in [1.82, 2.24) is 4.98 Å². The maximum Gasteiger partial charge on any atom is 0.260 e. The number of aryl methyl sites for hydroxylation is 2. The third-order valence-electron chi connectivity index (χ3n) is 2.50. The highest BCUT2D eigenvalue weighted by atomic mass is 32.2. The van der Waals surface area contributed by atoms with E-state index in [1.807, 2.05) is 13.8 Å². The zero-order valence-electron chi connectivity index (χ0n) is 10.4. The molecular weight excluding hydrogens is 286 g/mol. The molecule has 1 aromatic carbocycles. The molecule has 2 aromatic rings. The Bertz CT molecular complexity index is 703. The summed E-state index contributed by atoms with van der Waals surface area (Å²) in [6.07, 6.45) is 0. The van der Waals surface area contributed by atoms with Gasteiger partial charge < -0.3 is 10.2 Å². The molecule has 0 aliphatic heterocycles. The van der Waals surface area contributed by atoms with Gasteiger partial charge in [-0.3, -0.25) is 0 Å². The van der Waals surface area contributed by atoms with Crippen LogP contribution in [0.4, 0.5) is 5.69 Å². The minimum atomic E-state index is -3.80. The molecular formula is C11H13N3O3S2. The predicted octanol–water partition coefficient (Wildman–Crippen LogP) is 1.67. The molecule has 19 heavy (non-hydrogen) atoms. The lowest BCUT2D eigenvalue weighted by atomic mass is 10.3. The fourth-order valence-corrected chi connectivity index (χ4v) is 2.95. The molecule has 1 aromatic heterocycles. The number of aromatic nitrogens is 1. The van der Waals surface area contributed by atoms with Crippen molar-refractivity contribution in [2.75, 3.05) is 5.73 Å². The lowest BCUT2D eigenvalue weighted by Crippen LogP contribution is -2.14. The molecule has 0 amide bonds. The molecule has 102 valence electrons. The van der Waals surface area contributed by atoms with Gasteiger partial charge >= 0.3 is 0 Å². The van der Waals surface area contributed by atoms with Crippen LogP contribution in [-0.4, -0.2) is 13.4 Å². The fourth-order valence-electron chi connectivity index (χ4n) is 1.44. The van der Waals surface area contributed by atoms with E-state index in [9.17, 15) is 8.42 Å². The highest BCUT2D eigenvalue weighted by Crippen LogP contribution is 2.31. The molecule has 0 spiro atoms. The van der Waals surface area contributed by atoms with E-state index in [-0.39, 0.29) is 10.6 Å². The average molecular weight is 299 g/mol. The van der Waals surface area contributed by atoms with Crippen molar-refractivity contribution in [3.8, 4) is 0 Å². The van der Waals surface area contributed by atoms with Gasteiger partial charge in [0.25, 0.3) is 5.22 Å². The van der Waals surface area contributed by atoms with Crippen molar-refractivity contribution in [2.45, 2.75) is 28.9 Å². The number of anilines is 1. The Morgan fingerprint density at radius 3 is 2.47 bits per heavy atom. The standard InChI is InChI=1S/C11H13N3O3S2/c1-6-7(2)17-11(14-6)18-8-3-4-10(9(12)5-8)19(13,15)16/h3-5H,12H2,1-2H3,(H2,13,15,16). The van der Waals surface area contributed by atoms with Crippen LogP contribution in [0.1, 0.15) is 11.5 Å². The molecule has 0 fully saturated rings. The van der Waals surface area contributed by atoms with Crippen LogP contribution in [0.3, 0.4) is 0 Å². The zero-order valence-corrected chi connectivity index (χ0v) is 12.0. The third-order valence-corrected chi connectivity index (χ3v) is 4.33. The van der Waals surface area contributed by atoms with Crippen molar-refractivity contribution in [3.05, 3.63) is 29.7 Å². The van der Waals surface area contributed by atoms with E-state index in [0.717, 1.165) is 16.3 Å². The van der Waals surface area contributed by atoms with Crippen LogP contribution in [0.15, 0.2) is 37.6 Å². The van der Waals surface area contributed by atoms with Gasteiger partial charge in [-0.2, -0.15) is 0 Å². The molecule has 0 radical (unpaired) electrons. The van der Waals surface area contributed by atoms with Crippen molar-refractivity contribution in [2.24, 2.45) is 5.14 Å². The molecule has 0 aliphatic carbocycles. The van der Waals surface area contributed by atoms with Gasteiger partial charge in [-0.1, -0.05) is 0 Å². The van der Waals surface area contributed by atoms with Crippen LogP contribution in [-0.2, 0) is 10.0 Å². The molecule has 1 heterocycles. The van der Waals surface area contributed by atoms with Gasteiger partial charge in [-0.05, 0) is 43.8 Å². The van der Waals surface area contributed by atoms with Gasteiger partial charge in [-0.15, -0.1) is 0 Å². The number of nitrogens with zero attached hydrogens (tertiary/aromatic N) is 1. The highest BCUT2D eigenvalue weighted by Gasteiger charge is 2.14. The van der Waals surface area contributed by atoms with Gasteiger partial charge in [0, 0.05) is 4.90 Å². The molecule has 2 rings (SSSR count). The van der Waals surface area contributed by atoms with Crippen LogP contribution < -0.4 is 10.9 Å². The summed E-state index contributed by atoms with van der Waals surface area (Å²) in [4.78, 5) is 4.86. The first-order valence-corrected chi connectivity index (χ1v) is 7.68. The van der Waals surface area contributed by atoms with E-state index in [1.165, 1.54) is 23.9 Å². The summed E-state index contributed by atoms with van der Waals surface area (Å²) < 4.78 is 27.9. The summed E-state index contributed by atoms with van der Waals surface area (Å²) in [5.41, 5.74) is 6.59. The first-order valence-electron chi connectivity index (χ1n) is 5.31. The first-order chi connectivity index (χ1) is 8.77. The number of oxazole rings is 1. The second-order valence-electron chi connectivity index (χ2n) is 3.97. The molecule has 0 saturated heterocycles. The molecule has 8 heteroatoms. The van der Waals surface area contributed by atoms with Gasteiger partial charge in [0.05, 0.1) is 11.4 Å². The topological polar surface area (TPSA) is 112 Å². The SMILES string of the molecule is Cc1nc(Sc2ccc(S(N)(=O)=O)c(N)c2)oc1C. The monoisotopic (exact) mass is 299 g/mol. The number of hydrogen-bond donors (Lipinski definition) is 2. The fraction of sp³-hybridized carbons (Fsp3) is 0.182. The smallest absolute Gasteiger partial charge is 0.260 e. The van der Waals surface area contributed by atoms with Gasteiger partial charge in [0.2, 0.25) is 10.0 Å². The molecule has 6 nitrogen and oxygen atoms in total. The van der Waals surface area contributed by atoms with Crippen molar-refractivity contribution >= 4 is 27.5 Å². The quantitative estimate of drug-likeness (QED) is 0.834. The molecule has 0 saturated carbocycles. The Labute approximate surface area is 115 Å². The molecule has 0 atom stereocenters. The summed E-state index contributed by atoms with van der Waals surface area (Å²) in [7, 11) is -3.80. The number of hydrogen-bond acceptors (Lipinski definition) is 6. The van der Waals surface area contributed by atoms with Crippen LogP contribution in [0, 0.1) is 13.8 Å². The van der Waals surface area contributed by atoms with E-state index in [1.54, 1.807) is 6.07 Å². The number of benzene rings is 1. The van der Waals surface area contributed by atoms with Crippen LogP contribution in [0.25, 0.3) is 0 Å². The summed E-state index contributed by atoms with van der Waals surface area (Å²) in [6.45, 7) is 3.67. The Morgan fingerprint density at radius 1 is 1.32 bits per heavy atom. The Balaban J connectivity index is 2.30. The largest absolute Gasteiger partial charge is 0.436 e. The number of nitrogens with two attached hydrogens (primary N) is 2. The van der Waals surface area contributed by atoms with E-state index < -0.39 is 10.0 Å². The van der Waals surface area contributed by atoms with Crippen molar-refractivity contribution in [1.29, 1.82) is 0 Å². The molecule has 4 N–H and O–H groups in total. The summed E-state index contributed by atoms with van der Waals surface area (Å²) in [5.74, 6) is 0.747. The van der Waals surface area contributed by atoms with Crippen LogP contribution >= 0.6 is 11.8 Å². The summed E-state index contributed by atoms with van der Waals surface area (Å²) >= 11 is 1.26. The first kappa shape index (κ1) is 13.9. The predicted molar refractivity (Wildman–Crippen MR) is 72.3 cm³/mol. The Morgan fingerprint density at radius 2 is 2.00 bits per heavy atom. The maximum atomic E-state index is 11.2. The summed E-state index contributed by atoms with van der Waals surface area (Å²) in [6, 6.07) is 4.50. The highest BCUT2D eigenvalue weighted by molar-refractivity contribution is 7.99. The number of nitrogen functional groups attached to an aromatic ring is 1. The normalized spacial score (nSPS) is 11.7. The van der Waals surface area contributed by atoms with Gasteiger partial charge in [0.15, 0.2) is 0 Å². The minimum Gasteiger partial charge on any atom is -0.436 e. The van der Waals surface area contributed by atoms with E-state index >= 15 is 0 Å². The van der Waals surface area contributed by atoms with Crippen LogP contribution in [0.2, 0.25) is 0 Å². The second kappa shape index (κ2) is 4.87. The maximum absolute atomic E-state index is 11.2. The van der Waals surface area contributed by atoms with Gasteiger partial charge in [-0.25, -0.2) is 18.5 Å². The second-order valence-corrected chi connectivity index (χ2v) is 6.52. The Kier molecular flexibility index (Phi) is 3.57. The molecule has 0 bridgehead atoms. The lowest BCUT2D eigenvalue weighted by molar-refractivity contribution is 0.431. The summed E-state index contributed by atoms with van der Waals surface area (Å²) in [5, 5.41) is 5.52. The number of sulfonamides is 1. The Hall–Kier alpha value is -1.51. The van der Waals surface area contributed by atoms with E-state index in [4.69, 9.17) is 15.3 Å². The molecule has 0 aliphatic rings. The van der Waals surface area contributed by atoms with Crippen molar-refractivity contribution in [3.63, 3.8) is 0 Å². The number of rotatable bonds is 3. The third kappa shape index (κ3) is 3.09. The van der Waals surface area contributed by atoms with Gasteiger partial charge in [0.1, 0.15) is 10.7 Å².